The molecule has 0 unspecified atom stereocenters. The van der Waals surface area contributed by atoms with Crippen LogP contribution in [0.3, 0.4) is 0 Å². The molecule has 3 rings (SSSR count). The van der Waals surface area contributed by atoms with Crippen LogP contribution in [0, 0.1) is 12.7 Å². The van der Waals surface area contributed by atoms with Crippen molar-refractivity contribution >= 4 is 28.2 Å². The third kappa shape index (κ3) is 3.73. The highest BCUT2D eigenvalue weighted by Crippen LogP contribution is 2.19. The van der Waals surface area contributed by atoms with Crippen LogP contribution in [0.1, 0.15) is 16.1 Å². The van der Waals surface area contributed by atoms with Gasteiger partial charge in [-0.15, -0.1) is 11.3 Å². The number of aromatic amines is 1. The number of fused-ring (bicyclic) bond motifs is 1. The van der Waals surface area contributed by atoms with E-state index in [0.29, 0.717) is 6.54 Å². The molecule has 3 aromatic rings. The van der Waals surface area contributed by atoms with Gasteiger partial charge in [-0.2, -0.15) is 0 Å². The number of nitrogens with zero attached hydrogens (tertiary/aromatic N) is 2. The van der Waals surface area contributed by atoms with Gasteiger partial charge in [0.25, 0.3) is 0 Å². The Morgan fingerprint density at radius 1 is 1.38 bits per heavy atom. The van der Waals surface area contributed by atoms with Gasteiger partial charge in [0.2, 0.25) is 0 Å². The first-order valence-electron chi connectivity index (χ1n) is 7.76. The Labute approximate surface area is 144 Å². The first-order chi connectivity index (χ1) is 11.7. The molecule has 3 N–H and O–H groups in total. The Morgan fingerprint density at radius 3 is 3.00 bits per heavy atom. The molecule has 7 heteroatoms. The Kier molecular flexibility index (Phi) is 5.10. The lowest BCUT2D eigenvalue weighted by Crippen LogP contribution is -2.37. The van der Waals surface area contributed by atoms with Crippen molar-refractivity contribution in [2.24, 2.45) is 4.99 Å². The number of H-pyrrole nitrogens is 1. The van der Waals surface area contributed by atoms with Crippen LogP contribution in [0.25, 0.3) is 10.9 Å². The Balaban J connectivity index is 1.53. The van der Waals surface area contributed by atoms with Crippen LogP contribution in [-0.2, 0) is 13.0 Å². The zero-order chi connectivity index (χ0) is 16.9. The first-order valence-corrected chi connectivity index (χ1v) is 8.64. The maximum Gasteiger partial charge on any atom is 0.191 e. The predicted octanol–water partition coefficient (Wildman–Crippen LogP) is 2.98. The van der Waals surface area contributed by atoms with Gasteiger partial charge in [0.05, 0.1) is 17.7 Å². The van der Waals surface area contributed by atoms with E-state index in [4.69, 9.17) is 0 Å². The van der Waals surface area contributed by atoms with E-state index in [0.717, 1.165) is 41.1 Å². The average Bonchev–Trinajstić information content (AvgIpc) is 3.16. The van der Waals surface area contributed by atoms with Crippen molar-refractivity contribution in [1.82, 2.24) is 20.6 Å². The lowest BCUT2D eigenvalue weighted by atomic mass is 10.1. The Bertz CT molecular complexity index is 852. The van der Waals surface area contributed by atoms with Gasteiger partial charge in [-0.1, -0.05) is 0 Å². The summed E-state index contributed by atoms with van der Waals surface area (Å²) >= 11 is 1.64. The largest absolute Gasteiger partial charge is 0.361 e. The van der Waals surface area contributed by atoms with Gasteiger partial charge < -0.3 is 15.6 Å². The molecule has 0 aliphatic heterocycles. The van der Waals surface area contributed by atoms with E-state index in [1.165, 1.54) is 17.0 Å². The van der Waals surface area contributed by atoms with Gasteiger partial charge in [-0.05, 0) is 37.1 Å². The number of hydrogen-bond donors (Lipinski definition) is 3. The van der Waals surface area contributed by atoms with Crippen molar-refractivity contribution in [3.63, 3.8) is 0 Å². The predicted molar refractivity (Wildman–Crippen MR) is 97.0 cm³/mol. The smallest absolute Gasteiger partial charge is 0.191 e. The SMILES string of the molecule is CN=C(NCCc1c[nH]c2cc(F)ccc12)NCc1scnc1C. The number of aliphatic imine (C=N–C) groups is 1. The van der Waals surface area contributed by atoms with Crippen LogP contribution in [0.15, 0.2) is 34.9 Å². The van der Waals surface area contributed by atoms with Gasteiger partial charge in [0.15, 0.2) is 5.96 Å². The molecular formula is C17H20FN5S. The van der Waals surface area contributed by atoms with Gasteiger partial charge in [0, 0.05) is 35.6 Å². The number of guanidine groups is 1. The van der Waals surface area contributed by atoms with Gasteiger partial charge in [-0.25, -0.2) is 9.37 Å². The van der Waals surface area contributed by atoms with E-state index in [1.807, 2.05) is 24.7 Å². The van der Waals surface area contributed by atoms with E-state index in [9.17, 15) is 4.39 Å². The molecule has 0 aliphatic rings. The fourth-order valence-corrected chi connectivity index (χ4v) is 3.28. The molecule has 5 nitrogen and oxygen atoms in total. The van der Waals surface area contributed by atoms with Crippen LogP contribution in [0.4, 0.5) is 4.39 Å². The summed E-state index contributed by atoms with van der Waals surface area (Å²) in [6.07, 6.45) is 2.76. The molecule has 0 saturated heterocycles. The van der Waals surface area contributed by atoms with E-state index < -0.39 is 0 Å². The van der Waals surface area contributed by atoms with E-state index in [-0.39, 0.29) is 5.82 Å². The molecule has 0 saturated carbocycles. The Morgan fingerprint density at radius 2 is 2.25 bits per heavy atom. The number of hydrogen-bond acceptors (Lipinski definition) is 3. The minimum absolute atomic E-state index is 0.225. The minimum Gasteiger partial charge on any atom is -0.361 e. The molecule has 0 atom stereocenters. The lowest BCUT2D eigenvalue weighted by molar-refractivity contribution is 0.629. The fourth-order valence-electron chi connectivity index (χ4n) is 2.56. The summed E-state index contributed by atoms with van der Waals surface area (Å²) in [5, 5.41) is 7.65. The van der Waals surface area contributed by atoms with Crippen molar-refractivity contribution in [1.29, 1.82) is 0 Å². The summed E-state index contributed by atoms with van der Waals surface area (Å²) in [6.45, 7) is 3.46. The molecule has 0 aliphatic carbocycles. The highest BCUT2D eigenvalue weighted by atomic mass is 32.1. The monoisotopic (exact) mass is 345 g/mol. The van der Waals surface area contributed by atoms with Crippen LogP contribution in [0.5, 0.6) is 0 Å². The molecule has 0 fully saturated rings. The molecule has 2 heterocycles. The lowest BCUT2D eigenvalue weighted by Gasteiger charge is -2.11. The third-order valence-electron chi connectivity index (χ3n) is 3.90. The Hall–Kier alpha value is -2.41. The van der Waals surface area contributed by atoms with Crippen LogP contribution in [0.2, 0.25) is 0 Å². The molecule has 2 aromatic heterocycles. The highest BCUT2D eigenvalue weighted by molar-refractivity contribution is 7.09. The number of benzene rings is 1. The van der Waals surface area contributed by atoms with E-state index in [1.54, 1.807) is 18.4 Å². The summed E-state index contributed by atoms with van der Waals surface area (Å²) in [4.78, 5) is 12.8. The standard InChI is InChI=1S/C17H20FN5S/c1-11-16(24-10-23-11)9-22-17(19-2)20-6-5-12-8-21-15-7-13(18)3-4-14(12)15/h3-4,7-8,10,21H,5-6,9H2,1-2H3,(H2,19,20,22). The van der Waals surface area contributed by atoms with E-state index >= 15 is 0 Å². The van der Waals surface area contributed by atoms with Crippen molar-refractivity contribution in [3.05, 3.63) is 51.9 Å². The normalized spacial score (nSPS) is 11.9. The number of aryl methyl sites for hydroxylation is 1. The molecule has 1 aromatic carbocycles. The van der Waals surface area contributed by atoms with Crippen LogP contribution >= 0.6 is 11.3 Å². The number of aromatic nitrogens is 2. The molecule has 0 radical (unpaired) electrons. The highest BCUT2D eigenvalue weighted by Gasteiger charge is 2.06. The molecule has 0 amide bonds. The van der Waals surface area contributed by atoms with Crippen molar-refractivity contribution in [3.8, 4) is 0 Å². The molecule has 0 spiro atoms. The number of halogens is 1. The average molecular weight is 345 g/mol. The first kappa shape index (κ1) is 16.4. The zero-order valence-corrected chi connectivity index (χ0v) is 14.5. The quantitative estimate of drug-likeness (QED) is 0.492. The van der Waals surface area contributed by atoms with Crippen molar-refractivity contribution < 1.29 is 4.39 Å². The second-order valence-corrected chi connectivity index (χ2v) is 6.41. The zero-order valence-electron chi connectivity index (χ0n) is 13.7. The van der Waals surface area contributed by atoms with Crippen LogP contribution in [-0.4, -0.2) is 29.5 Å². The summed E-state index contributed by atoms with van der Waals surface area (Å²) in [6, 6.07) is 4.82. The van der Waals surface area contributed by atoms with Gasteiger partial charge in [-0.3, -0.25) is 4.99 Å². The second-order valence-electron chi connectivity index (χ2n) is 5.47. The maximum absolute atomic E-state index is 13.2. The van der Waals surface area contributed by atoms with E-state index in [2.05, 4.69) is 25.6 Å². The van der Waals surface area contributed by atoms with Gasteiger partial charge >= 0.3 is 0 Å². The molecular weight excluding hydrogens is 325 g/mol. The maximum atomic E-state index is 13.2. The van der Waals surface area contributed by atoms with Crippen molar-refractivity contribution in [2.45, 2.75) is 19.9 Å². The fraction of sp³-hybridized carbons (Fsp3) is 0.294. The topological polar surface area (TPSA) is 65.1 Å². The summed E-state index contributed by atoms with van der Waals surface area (Å²) < 4.78 is 13.2. The third-order valence-corrected chi connectivity index (χ3v) is 4.84. The number of thiazole rings is 1. The minimum atomic E-state index is -0.225. The molecule has 0 bridgehead atoms. The number of rotatable bonds is 5. The number of nitrogens with one attached hydrogen (secondary N) is 3. The van der Waals surface area contributed by atoms with Gasteiger partial charge in [0.1, 0.15) is 5.82 Å². The second kappa shape index (κ2) is 7.44. The summed E-state index contributed by atoms with van der Waals surface area (Å²) in [7, 11) is 1.75. The summed E-state index contributed by atoms with van der Waals surface area (Å²) in [5.74, 6) is 0.533. The van der Waals surface area contributed by atoms with Crippen LogP contribution < -0.4 is 10.6 Å². The summed E-state index contributed by atoms with van der Waals surface area (Å²) in [5.41, 5.74) is 4.89. The molecule has 126 valence electrons. The van der Waals surface area contributed by atoms with Crippen molar-refractivity contribution in [2.75, 3.05) is 13.6 Å². The molecule has 24 heavy (non-hydrogen) atoms.